The van der Waals surface area contributed by atoms with E-state index in [-0.39, 0.29) is 5.41 Å². The van der Waals surface area contributed by atoms with Crippen LogP contribution in [0.3, 0.4) is 0 Å². The highest BCUT2D eigenvalue weighted by Crippen LogP contribution is 2.60. The number of hydrogen-bond donors (Lipinski definition) is 0. The van der Waals surface area contributed by atoms with Crippen molar-refractivity contribution in [3.8, 4) is 0 Å². The predicted octanol–water partition coefficient (Wildman–Crippen LogP) is 3.84. The number of carbonyl (C=O) groups excluding carboxylic acids is 1. The smallest absolute Gasteiger partial charge is 0.139 e. The van der Waals surface area contributed by atoms with Crippen LogP contribution < -0.4 is 0 Å². The zero-order valence-corrected chi connectivity index (χ0v) is 11.0. The molecule has 3 fully saturated rings. The molecule has 1 nitrogen and oxygen atoms in total. The standard InChI is InChI=1S/C15H24O/c1-9(2)6-10(3)12-7-11-8-13(14(12)16)15(11,4)5/h10-13H,1,6-8H2,2-5H3. The van der Waals surface area contributed by atoms with E-state index < -0.39 is 0 Å². The third kappa shape index (κ3) is 1.65. The highest BCUT2D eigenvalue weighted by atomic mass is 16.1. The molecule has 4 atom stereocenters. The van der Waals surface area contributed by atoms with Gasteiger partial charge in [0.1, 0.15) is 5.78 Å². The van der Waals surface area contributed by atoms with Crippen molar-refractivity contribution in [2.45, 2.75) is 47.0 Å². The van der Waals surface area contributed by atoms with Crippen LogP contribution in [-0.2, 0) is 4.79 Å². The molecule has 90 valence electrons. The first-order valence-electron chi connectivity index (χ1n) is 6.52. The molecule has 3 saturated carbocycles. The van der Waals surface area contributed by atoms with E-state index in [1.807, 2.05) is 0 Å². The van der Waals surface area contributed by atoms with Crippen LogP contribution in [0.4, 0.5) is 0 Å². The van der Waals surface area contributed by atoms with Crippen LogP contribution >= 0.6 is 0 Å². The molecule has 16 heavy (non-hydrogen) atoms. The van der Waals surface area contributed by atoms with Gasteiger partial charge in [0, 0.05) is 11.8 Å². The second kappa shape index (κ2) is 3.72. The van der Waals surface area contributed by atoms with Gasteiger partial charge in [0.25, 0.3) is 0 Å². The minimum atomic E-state index is 0.288. The van der Waals surface area contributed by atoms with Crippen molar-refractivity contribution in [2.75, 3.05) is 0 Å². The van der Waals surface area contributed by atoms with Crippen molar-refractivity contribution in [1.82, 2.24) is 0 Å². The highest BCUT2D eigenvalue weighted by molar-refractivity contribution is 5.87. The third-order valence-corrected chi connectivity index (χ3v) is 5.08. The number of ketones is 1. The molecule has 0 N–H and O–H groups in total. The van der Waals surface area contributed by atoms with Crippen molar-refractivity contribution in [1.29, 1.82) is 0 Å². The molecule has 0 saturated heterocycles. The molecule has 0 aromatic rings. The monoisotopic (exact) mass is 220 g/mol. The van der Waals surface area contributed by atoms with E-state index in [1.165, 1.54) is 5.57 Å². The predicted molar refractivity (Wildman–Crippen MR) is 67.1 cm³/mol. The molecule has 0 spiro atoms. The third-order valence-electron chi connectivity index (χ3n) is 5.08. The Morgan fingerprint density at radius 3 is 2.56 bits per heavy atom. The Morgan fingerprint density at radius 2 is 2.12 bits per heavy atom. The lowest BCUT2D eigenvalue weighted by atomic mass is 9.45. The Labute approximate surface area is 99.3 Å². The van der Waals surface area contributed by atoms with E-state index in [9.17, 15) is 4.79 Å². The lowest BCUT2D eigenvalue weighted by Crippen LogP contribution is -2.57. The number of fused-ring (bicyclic) bond motifs is 2. The summed E-state index contributed by atoms with van der Waals surface area (Å²) in [6.45, 7) is 12.8. The zero-order chi connectivity index (χ0) is 12.1. The minimum Gasteiger partial charge on any atom is -0.299 e. The molecule has 2 bridgehead atoms. The summed E-state index contributed by atoms with van der Waals surface area (Å²) in [7, 11) is 0. The van der Waals surface area contributed by atoms with Gasteiger partial charge in [0.15, 0.2) is 0 Å². The number of carbonyl (C=O) groups is 1. The summed E-state index contributed by atoms with van der Waals surface area (Å²) >= 11 is 0. The molecule has 4 unspecified atom stereocenters. The topological polar surface area (TPSA) is 17.1 Å². The fourth-order valence-electron chi connectivity index (χ4n) is 3.78. The van der Waals surface area contributed by atoms with Crippen molar-refractivity contribution in [2.24, 2.45) is 29.1 Å². The quantitative estimate of drug-likeness (QED) is 0.660. The van der Waals surface area contributed by atoms with Crippen LogP contribution in [0.1, 0.15) is 47.0 Å². The molecule has 0 aromatic heterocycles. The maximum Gasteiger partial charge on any atom is 0.139 e. The van der Waals surface area contributed by atoms with E-state index >= 15 is 0 Å². The molecule has 0 heterocycles. The lowest BCUT2D eigenvalue weighted by Gasteiger charge is -2.58. The maximum atomic E-state index is 12.4. The van der Waals surface area contributed by atoms with Gasteiger partial charge < -0.3 is 0 Å². The van der Waals surface area contributed by atoms with Crippen LogP contribution in [0, 0.1) is 29.1 Å². The zero-order valence-electron chi connectivity index (χ0n) is 11.0. The van der Waals surface area contributed by atoms with Crippen LogP contribution in [-0.4, -0.2) is 5.78 Å². The second-order valence-electron chi connectivity index (χ2n) is 6.69. The summed E-state index contributed by atoms with van der Waals surface area (Å²) in [6.07, 6.45) is 3.29. The first kappa shape index (κ1) is 11.9. The van der Waals surface area contributed by atoms with Gasteiger partial charge in [-0.05, 0) is 43.4 Å². The van der Waals surface area contributed by atoms with E-state index in [1.54, 1.807) is 0 Å². The molecule has 3 aliphatic rings. The van der Waals surface area contributed by atoms with Crippen molar-refractivity contribution < 1.29 is 4.79 Å². The summed E-state index contributed by atoms with van der Waals surface area (Å²) < 4.78 is 0. The van der Waals surface area contributed by atoms with E-state index in [0.29, 0.717) is 23.5 Å². The summed E-state index contributed by atoms with van der Waals surface area (Å²) in [5.74, 6) is 2.48. The average Bonchev–Trinajstić information content (AvgIpc) is 2.15. The van der Waals surface area contributed by atoms with Gasteiger partial charge in [-0.15, -0.1) is 6.58 Å². The van der Waals surface area contributed by atoms with Crippen LogP contribution in [0.25, 0.3) is 0 Å². The number of rotatable bonds is 3. The molecule has 3 rings (SSSR count). The van der Waals surface area contributed by atoms with Gasteiger partial charge in [-0.25, -0.2) is 0 Å². The first-order valence-corrected chi connectivity index (χ1v) is 6.52. The van der Waals surface area contributed by atoms with Crippen molar-refractivity contribution in [3.05, 3.63) is 12.2 Å². The van der Waals surface area contributed by atoms with Crippen LogP contribution in [0.5, 0.6) is 0 Å². The molecular formula is C15H24O. The van der Waals surface area contributed by atoms with Crippen LogP contribution in [0.15, 0.2) is 12.2 Å². The molecule has 3 aliphatic carbocycles. The minimum absolute atomic E-state index is 0.288. The molecular weight excluding hydrogens is 196 g/mol. The fraction of sp³-hybridized carbons (Fsp3) is 0.800. The summed E-state index contributed by atoms with van der Waals surface area (Å²) in [5, 5.41) is 0. The normalized spacial score (nSPS) is 37.8. The maximum absolute atomic E-state index is 12.4. The first-order chi connectivity index (χ1) is 7.34. The van der Waals surface area contributed by atoms with Gasteiger partial charge in [-0.3, -0.25) is 4.79 Å². The Kier molecular flexibility index (Phi) is 2.76. The molecule has 0 aliphatic heterocycles. The molecule has 0 amide bonds. The Bertz CT molecular complexity index is 326. The van der Waals surface area contributed by atoms with Gasteiger partial charge in [0.2, 0.25) is 0 Å². The number of allylic oxidation sites excluding steroid dienone is 1. The van der Waals surface area contributed by atoms with Gasteiger partial charge in [0.05, 0.1) is 0 Å². The van der Waals surface area contributed by atoms with Crippen molar-refractivity contribution in [3.63, 3.8) is 0 Å². The van der Waals surface area contributed by atoms with Crippen LogP contribution in [0.2, 0.25) is 0 Å². The Hall–Kier alpha value is -0.590. The summed E-state index contributed by atoms with van der Waals surface area (Å²) in [4.78, 5) is 12.4. The lowest BCUT2D eigenvalue weighted by molar-refractivity contribution is -0.159. The Balaban J connectivity index is 2.06. The summed E-state index contributed by atoms with van der Waals surface area (Å²) in [5.41, 5.74) is 1.50. The Morgan fingerprint density at radius 1 is 1.50 bits per heavy atom. The molecule has 1 heteroatoms. The van der Waals surface area contributed by atoms with Gasteiger partial charge in [-0.2, -0.15) is 0 Å². The molecule has 0 aromatic carbocycles. The summed E-state index contributed by atoms with van der Waals surface area (Å²) in [6, 6.07) is 0. The van der Waals surface area contributed by atoms with E-state index in [4.69, 9.17) is 0 Å². The molecule has 0 radical (unpaired) electrons. The van der Waals surface area contributed by atoms with E-state index in [2.05, 4.69) is 34.3 Å². The van der Waals surface area contributed by atoms with Gasteiger partial charge in [-0.1, -0.05) is 26.3 Å². The SMILES string of the molecule is C=C(C)CC(C)C1CC2CC(C1=O)C2(C)C. The average molecular weight is 220 g/mol. The number of hydrogen-bond acceptors (Lipinski definition) is 1. The van der Waals surface area contributed by atoms with Gasteiger partial charge >= 0.3 is 0 Å². The highest BCUT2D eigenvalue weighted by Gasteiger charge is 2.58. The fourth-order valence-corrected chi connectivity index (χ4v) is 3.78. The van der Waals surface area contributed by atoms with Crippen molar-refractivity contribution >= 4 is 5.78 Å². The number of Topliss-reactive ketones (excluding diaryl/α,β-unsaturated/α-hetero) is 1. The van der Waals surface area contributed by atoms with E-state index in [0.717, 1.165) is 25.2 Å². The second-order valence-corrected chi connectivity index (χ2v) is 6.69. The largest absolute Gasteiger partial charge is 0.299 e.